The van der Waals surface area contributed by atoms with Crippen molar-refractivity contribution in [1.82, 2.24) is 10.2 Å². The number of carbonyl (C=O) groups excluding carboxylic acids is 1. The van der Waals surface area contributed by atoms with Gasteiger partial charge in [0.1, 0.15) is 0 Å². The van der Waals surface area contributed by atoms with Crippen LogP contribution in [-0.4, -0.2) is 36.0 Å². The zero-order valence-corrected chi connectivity index (χ0v) is 17.2. The summed E-state index contributed by atoms with van der Waals surface area (Å²) in [5.41, 5.74) is 6.81. The van der Waals surface area contributed by atoms with Gasteiger partial charge >= 0.3 is 0 Å². The highest BCUT2D eigenvalue weighted by atomic mass is 35.5. The fraction of sp³-hybridized carbons (Fsp3) is 0.632. The molecule has 0 aromatic heterocycles. The number of hydrogen-bond donors (Lipinski definition) is 2. The summed E-state index contributed by atoms with van der Waals surface area (Å²) in [6.07, 6.45) is 2.59. The zero-order valence-electron chi connectivity index (χ0n) is 15.5. The normalized spacial score (nSPS) is 20.5. The second-order valence-electron chi connectivity index (χ2n) is 6.86. The van der Waals surface area contributed by atoms with Crippen LogP contribution in [0.3, 0.4) is 0 Å². The van der Waals surface area contributed by atoms with Gasteiger partial charge in [0.2, 0.25) is 5.91 Å². The highest BCUT2D eigenvalue weighted by molar-refractivity contribution is 5.85. The molecule has 6 heteroatoms. The molecule has 1 aliphatic rings. The number of halogens is 2. The van der Waals surface area contributed by atoms with Crippen LogP contribution in [0.5, 0.6) is 0 Å². The molecule has 2 unspecified atom stereocenters. The molecule has 1 amide bonds. The minimum Gasteiger partial charge on any atom is -0.351 e. The molecule has 1 fully saturated rings. The quantitative estimate of drug-likeness (QED) is 0.751. The third-order valence-corrected chi connectivity index (χ3v) is 5.49. The molecule has 0 spiro atoms. The Kier molecular flexibility index (Phi) is 10.7. The van der Waals surface area contributed by atoms with Crippen molar-refractivity contribution >= 4 is 30.7 Å². The van der Waals surface area contributed by atoms with Gasteiger partial charge in [-0.25, -0.2) is 0 Å². The summed E-state index contributed by atoms with van der Waals surface area (Å²) in [6.45, 7) is 8.62. The van der Waals surface area contributed by atoms with E-state index in [1.807, 2.05) is 6.07 Å². The SMILES string of the molecule is CCC(CC)(CN)C(=O)NC1CC(C)N(Cc2ccccc2)C1.Cl.Cl. The number of amides is 1. The molecule has 1 aromatic rings. The van der Waals surface area contributed by atoms with Crippen LogP contribution in [0, 0.1) is 5.41 Å². The minimum atomic E-state index is -0.407. The lowest BCUT2D eigenvalue weighted by molar-refractivity contribution is -0.131. The van der Waals surface area contributed by atoms with Gasteiger partial charge in [-0.15, -0.1) is 24.8 Å². The number of benzene rings is 1. The Morgan fingerprint density at radius 2 is 1.84 bits per heavy atom. The minimum absolute atomic E-state index is 0. The van der Waals surface area contributed by atoms with E-state index in [1.54, 1.807) is 0 Å². The van der Waals surface area contributed by atoms with E-state index >= 15 is 0 Å². The van der Waals surface area contributed by atoms with E-state index < -0.39 is 5.41 Å². The Morgan fingerprint density at radius 1 is 1.24 bits per heavy atom. The lowest BCUT2D eigenvalue weighted by atomic mass is 9.81. The molecule has 144 valence electrons. The van der Waals surface area contributed by atoms with Gasteiger partial charge in [-0.05, 0) is 31.7 Å². The largest absolute Gasteiger partial charge is 0.351 e. The summed E-state index contributed by atoms with van der Waals surface area (Å²) < 4.78 is 0. The van der Waals surface area contributed by atoms with Gasteiger partial charge in [-0.2, -0.15) is 0 Å². The topological polar surface area (TPSA) is 58.4 Å². The van der Waals surface area contributed by atoms with Gasteiger partial charge in [0, 0.05) is 31.7 Å². The van der Waals surface area contributed by atoms with Gasteiger partial charge in [0.15, 0.2) is 0 Å². The van der Waals surface area contributed by atoms with Gasteiger partial charge in [0.25, 0.3) is 0 Å². The summed E-state index contributed by atoms with van der Waals surface area (Å²) in [5, 5.41) is 3.26. The average Bonchev–Trinajstić information content (AvgIpc) is 2.90. The molecule has 25 heavy (non-hydrogen) atoms. The van der Waals surface area contributed by atoms with Crippen LogP contribution in [-0.2, 0) is 11.3 Å². The Bertz CT molecular complexity index is 500. The van der Waals surface area contributed by atoms with E-state index in [0.717, 1.165) is 32.4 Å². The molecule has 0 radical (unpaired) electrons. The molecular formula is C19H33Cl2N3O. The molecule has 1 saturated heterocycles. The van der Waals surface area contributed by atoms with Gasteiger partial charge in [-0.1, -0.05) is 44.2 Å². The number of hydrogen-bond acceptors (Lipinski definition) is 3. The molecule has 0 bridgehead atoms. The lowest BCUT2D eigenvalue weighted by Crippen LogP contribution is -2.49. The summed E-state index contributed by atoms with van der Waals surface area (Å²) in [6, 6.07) is 11.2. The third kappa shape index (κ3) is 5.85. The molecule has 1 aromatic carbocycles. The Morgan fingerprint density at radius 3 is 2.36 bits per heavy atom. The van der Waals surface area contributed by atoms with Crippen LogP contribution >= 0.6 is 24.8 Å². The molecule has 4 nitrogen and oxygen atoms in total. The smallest absolute Gasteiger partial charge is 0.227 e. The van der Waals surface area contributed by atoms with Gasteiger partial charge < -0.3 is 11.1 Å². The van der Waals surface area contributed by atoms with Crippen LogP contribution < -0.4 is 11.1 Å². The van der Waals surface area contributed by atoms with E-state index in [-0.39, 0.29) is 36.8 Å². The van der Waals surface area contributed by atoms with E-state index in [1.165, 1.54) is 5.56 Å². The van der Waals surface area contributed by atoms with Crippen LogP contribution in [0.25, 0.3) is 0 Å². The fourth-order valence-corrected chi connectivity index (χ4v) is 3.53. The van der Waals surface area contributed by atoms with Crippen molar-refractivity contribution in [2.45, 2.75) is 58.7 Å². The Hall–Kier alpha value is -0.810. The summed E-state index contributed by atoms with van der Waals surface area (Å²) in [7, 11) is 0. The highest BCUT2D eigenvalue weighted by Gasteiger charge is 2.37. The van der Waals surface area contributed by atoms with Crippen molar-refractivity contribution in [2.24, 2.45) is 11.1 Å². The van der Waals surface area contributed by atoms with Crippen LogP contribution in [0.15, 0.2) is 30.3 Å². The maximum Gasteiger partial charge on any atom is 0.227 e. The van der Waals surface area contributed by atoms with Crippen molar-refractivity contribution in [3.05, 3.63) is 35.9 Å². The first-order valence-corrected chi connectivity index (χ1v) is 8.83. The zero-order chi connectivity index (χ0) is 16.9. The maximum atomic E-state index is 12.7. The first kappa shape index (κ1) is 24.2. The maximum absolute atomic E-state index is 12.7. The van der Waals surface area contributed by atoms with Crippen LogP contribution in [0.1, 0.15) is 45.6 Å². The van der Waals surface area contributed by atoms with Crippen LogP contribution in [0.2, 0.25) is 0 Å². The number of nitrogens with two attached hydrogens (primary N) is 1. The Balaban J connectivity index is 0.00000288. The van der Waals surface area contributed by atoms with E-state index in [2.05, 4.69) is 55.3 Å². The summed E-state index contributed by atoms with van der Waals surface area (Å²) >= 11 is 0. The molecule has 2 atom stereocenters. The summed E-state index contributed by atoms with van der Waals surface area (Å²) in [4.78, 5) is 15.1. The lowest BCUT2D eigenvalue weighted by Gasteiger charge is -2.30. The molecular weight excluding hydrogens is 357 g/mol. The number of nitrogens with one attached hydrogen (secondary N) is 1. The Labute approximate surface area is 164 Å². The van der Waals surface area contributed by atoms with Crippen molar-refractivity contribution in [3.8, 4) is 0 Å². The molecule has 3 N–H and O–H groups in total. The molecule has 0 saturated carbocycles. The second-order valence-corrected chi connectivity index (χ2v) is 6.86. The standard InChI is InChI=1S/C19H31N3O.2ClH/c1-4-19(5-2,14-20)18(23)21-17-11-15(3)22(13-17)12-16-9-7-6-8-10-16;;/h6-10,15,17H,4-5,11-14,20H2,1-3H3,(H,21,23);2*1H. The summed E-state index contributed by atoms with van der Waals surface area (Å²) in [5.74, 6) is 0.128. The predicted molar refractivity (Wildman–Crippen MR) is 109 cm³/mol. The van der Waals surface area contributed by atoms with Gasteiger partial charge in [0.05, 0.1) is 5.41 Å². The van der Waals surface area contributed by atoms with Crippen molar-refractivity contribution in [2.75, 3.05) is 13.1 Å². The second kappa shape index (κ2) is 11.0. The number of carbonyl (C=O) groups is 1. The number of nitrogens with zero attached hydrogens (tertiary/aromatic N) is 1. The average molecular weight is 390 g/mol. The monoisotopic (exact) mass is 389 g/mol. The first-order valence-electron chi connectivity index (χ1n) is 8.83. The molecule has 1 aliphatic heterocycles. The number of likely N-dealkylation sites (tertiary alicyclic amines) is 1. The third-order valence-electron chi connectivity index (χ3n) is 5.49. The van der Waals surface area contributed by atoms with Crippen molar-refractivity contribution in [3.63, 3.8) is 0 Å². The van der Waals surface area contributed by atoms with E-state index in [4.69, 9.17) is 5.73 Å². The number of rotatable bonds is 7. The molecule has 2 rings (SSSR count). The molecule has 1 heterocycles. The van der Waals surface area contributed by atoms with Crippen molar-refractivity contribution < 1.29 is 4.79 Å². The van der Waals surface area contributed by atoms with Crippen molar-refractivity contribution in [1.29, 1.82) is 0 Å². The predicted octanol–water partition coefficient (Wildman–Crippen LogP) is 3.37. The van der Waals surface area contributed by atoms with E-state index in [9.17, 15) is 4.79 Å². The fourth-order valence-electron chi connectivity index (χ4n) is 3.53. The first-order chi connectivity index (χ1) is 11.0. The van der Waals surface area contributed by atoms with E-state index in [0.29, 0.717) is 12.6 Å². The van der Waals surface area contributed by atoms with Gasteiger partial charge in [-0.3, -0.25) is 9.69 Å². The highest BCUT2D eigenvalue weighted by Crippen LogP contribution is 2.27. The van der Waals surface area contributed by atoms with Crippen LogP contribution in [0.4, 0.5) is 0 Å². The molecule has 0 aliphatic carbocycles.